The van der Waals surface area contributed by atoms with Crippen LogP contribution in [0.15, 0.2) is 60.3 Å². The molecule has 0 aromatic heterocycles. The number of nitrogens with zero attached hydrogens (tertiary/aromatic N) is 2. The summed E-state index contributed by atoms with van der Waals surface area (Å²) in [6.07, 6.45) is 10.2. The second kappa shape index (κ2) is 19.1. The Balaban J connectivity index is 1.96. The minimum absolute atomic E-state index is 0.0403. The zero-order valence-corrected chi connectivity index (χ0v) is 28.7. The van der Waals surface area contributed by atoms with Crippen molar-refractivity contribution in [2.24, 2.45) is 22.9 Å². The molecule has 1 amide bonds. The molecule has 272 valence electrons. The number of phenols is 1. The summed E-state index contributed by atoms with van der Waals surface area (Å²) in [5.41, 5.74) is 2.37. The SMILES string of the molecule is C=CCCOC(=O)N(CCOCCO)[C@H]1CC(=NOC)C2=C[C@H](CCCCO)[C@@H](CCCCO)[C@@H]3c4cc(O)ccc4O[C@@]1(OCC=C)[C@H]23. The van der Waals surface area contributed by atoms with Crippen LogP contribution in [0.4, 0.5) is 4.79 Å². The lowest BCUT2D eigenvalue weighted by Gasteiger charge is -2.59. The van der Waals surface area contributed by atoms with Gasteiger partial charge in [0, 0.05) is 37.7 Å². The molecule has 2 aliphatic carbocycles. The van der Waals surface area contributed by atoms with Gasteiger partial charge in [-0.2, -0.15) is 0 Å². The lowest BCUT2D eigenvalue weighted by Crippen LogP contribution is -2.70. The smallest absolute Gasteiger partial charge is 0.410 e. The lowest BCUT2D eigenvalue weighted by atomic mass is 9.55. The molecule has 0 unspecified atom stereocenters. The van der Waals surface area contributed by atoms with Crippen LogP contribution in [0.3, 0.4) is 0 Å². The van der Waals surface area contributed by atoms with Crippen molar-refractivity contribution in [2.45, 2.75) is 69.1 Å². The van der Waals surface area contributed by atoms with Gasteiger partial charge in [-0.15, -0.1) is 13.2 Å². The topological polar surface area (TPSA) is 160 Å². The van der Waals surface area contributed by atoms with Gasteiger partial charge >= 0.3 is 6.09 Å². The fourth-order valence-electron chi connectivity index (χ4n) is 7.78. The lowest BCUT2D eigenvalue weighted by molar-refractivity contribution is -0.256. The number of ether oxygens (including phenoxy) is 4. The number of aromatic hydroxyl groups is 1. The number of aliphatic hydroxyl groups is 3. The number of aliphatic hydroxyl groups excluding tert-OH is 3. The van der Waals surface area contributed by atoms with Crippen molar-refractivity contribution < 1.29 is 49.0 Å². The van der Waals surface area contributed by atoms with Gasteiger partial charge in [0.25, 0.3) is 0 Å². The number of amides is 1. The standard InChI is InChI=1S/C37H54N2O10/c1-4-6-20-47-36(44)39(15-21-46-22-18-42)33-25-31(38-45-3)29-23-26(11-7-9-16-40)28(12-8-10-17-41)34-30-24-27(43)13-14-32(30)49-37(33,35(29)34)48-19-5-2/h4-5,13-14,23-24,26,28,33-35,40-43H,1-2,6-12,15-22,25H2,3H3/t26-,28+,33-,34+,35+,37+/m0/s1. The van der Waals surface area contributed by atoms with E-state index in [1.54, 1.807) is 35.3 Å². The Morgan fingerprint density at radius 3 is 2.53 bits per heavy atom. The Kier molecular flexibility index (Phi) is 15.0. The van der Waals surface area contributed by atoms with Gasteiger partial charge in [0.15, 0.2) is 0 Å². The number of hydrogen-bond acceptors (Lipinski definition) is 11. The minimum Gasteiger partial charge on any atom is -0.508 e. The largest absolute Gasteiger partial charge is 0.508 e. The van der Waals surface area contributed by atoms with Crippen LogP contribution in [0, 0.1) is 17.8 Å². The third-order valence-electron chi connectivity index (χ3n) is 9.73. The second-order valence-corrected chi connectivity index (χ2v) is 12.7. The molecule has 0 spiro atoms. The average molecular weight is 687 g/mol. The highest BCUT2D eigenvalue weighted by atomic mass is 16.7. The number of oxime groups is 1. The molecule has 12 nitrogen and oxygen atoms in total. The van der Waals surface area contributed by atoms with Crippen molar-refractivity contribution in [3.05, 3.63) is 60.7 Å². The summed E-state index contributed by atoms with van der Waals surface area (Å²) in [6.45, 7) is 8.28. The molecule has 6 atom stereocenters. The molecule has 49 heavy (non-hydrogen) atoms. The van der Waals surface area contributed by atoms with E-state index in [0.717, 1.165) is 36.8 Å². The highest BCUT2D eigenvalue weighted by molar-refractivity contribution is 6.02. The van der Waals surface area contributed by atoms with E-state index in [4.69, 9.17) is 23.8 Å². The van der Waals surface area contributed by atoms with E-state index in [1.807, 2.05) is 0 Å². The molecular weight excluding hydrogens is 632 g/mol. The molecule has 0 saturated heterocycles. The molecular formula is C37H54N2O10. The predicted octanol–water partition coefficient (Wildman–Crippen LogP) is 4.68. The first-order valence-corrected chi connectivity index (χ1v) is 17.4. The Hall–Kier alpha value is -3.42. The van der Waals surface area contributed by atoms with Crippen LogP contribution in [0.1, 0.15) is 62.8 Å². The van der Waals surface area contributed by atoms with Crippen molar-refractivity contribution >= 4 is 11.8 Å². The fraction of sp³-hybridized carbons (Fsp3) is 0.622. The van der Waals surface area contributed by atoms with E-state index in [9.17, 15) is 25.2 Å². The number of unbranched alkanes of at least 4 members (excludes halogenated alkanes) is 2. The number of benzene rings is 1. The summed E-state index contributed by atoms with van der Waals surface area (Å²) >= 11 is 0. The first-order chi connectivity index (χ1) is 23.9. The summed E-state index contributed by atoms with van der Waals surface area (Å²) in [7, 11) is 1.49. The van der Waals surface area contributed by atoms with Gasteiger partial charge in [-0.1, -0.05) is 36.2 Å². The number of rotatable bonds is 21. The maximum atomic E-state index is 14.0. The third kappa shape index (κ3) is 8.85. The van der Waals surface area contributed by atoms with Crippen molar-refractivity contribution in [3.63, 3.8) is 0 Å². The molecule has 12 heteroatoms. The maximum absolute atomic E-state index is 14.0. The number of carbonyl (C=O) groups is 1. The van der Waals surface area contributed by atoms with Gasteiger partial charge in [0.2, 0.25) is 5.79 Å². The number of carbonyl (C=O) groups excluding carboxylic acids is 1. The molecule has 1 heterocycles. The van der Waals surface area contributed by atoms with Crippen LogP contribution in [0.25, 0.3) is 0 Å². The van der Waals surface area contributed by atoms with Crippen LogP contribution >= 0.6 is 0 Å². The van der Waals surface area contributed by atoms with Crippen LogP contribution < -0.4 is 4.74 Å². The van der Waals surface area contributed by atoms with E-state index in [0.29, 0.717) is 30.7 Å². The summed E-state index contributed by atoms with van der Waals surface area (Å²) in [5, 5.41) is 44.0. The van der Waals surface area contributed by atoms with Gasteiger partial charge in [-0.25, -0.2) is 4.79 Å². The van der Waals surface area contributed by atoms with Crippen molar-refractivity contribution in [1.82, 2.24) is 4.90 Å². The van der Waals surface area contributed by atoms with E-state index < -0.39 is 23.8 Å². The predicted molar refractivity (Wildman–Crippen MR) is 184 cm³/mol. The molecule has 4 N–H and O–H groups in total. The minimum atomic E-state index is -1.44. The number of fused-ring (bicyclic) bond motifs is 2. The molecule has 1 aromatic rings. The third-order valence-corrected chi connectivity index (χ3v) is 9.73. The number of hydrogen-bond donors (Lipinski definition) is 4. The van der Waals surface area contributed by atoms with Crippen molar-refractivity contribution in [3.8, 4) is 11.5 Å². The summed E-state index contributed by atoms with van der Waals surface area (Å²) in [6, 6.07) is 4.31. The van der Waals surface area contributed by atoms with Crippen LogP contribution in [-0.2, 0) is 19.0 Å². The molecule has 1 aromatic carbocycles. The highest BCUT2D eigenvalue weighted by Crippen LogP contribution is 2.61. The Morgan fingerprint density at radius 2 is 1.84 bits per heavy atom. The van der Waals surface area contributed by atoms with Gasteiger partial charge < -0.3 is 44.2 Å². The number of allylic oxidation sites excluding steroid dienone is 1. The van der Waals surface area contributed by atoms with Crippen LogP contribution in [0.2, 0.25) is 0 Å². The fourth-order valence-corrected chi connectivity index (χ4v) is 7.78. The molecule has 0 radical (unpaired) electrons. The van der Waals surface area contributed by atoms with Crippen molar-refractivity contribution in [1.29, 1.82) is 0 Å². The van der Waals surface area contributed by atoms with E-state index in [1.165, 1.54) is 7.11 Å². The first-order valence-electron chi connectivity index (χ1n) is 17.4. The molecule has 0 bridgehead atoms. The summed E-state index contributed by atoms with van der Waals surface area (Å²) in [4.78, 5) is 21.0. The Labute approximate surface area is 289 Å². The van der Waals surface area contributed by atoms with Gasteiger partial charge in [0.1, 0.15) is 24.7 Å². The molecule has 1 saturated carbocycles. The van der Waals surface area contributed by atoms with Crippen LogP contribution in [0.5, 0.6) is 11.5 Å². The highest BCUT2D eigenvalue weighted by Gasteiger charge is 2.65. The quantitative estimate of drug-likeness (QED) is 0.0813. The number of phenolic OH excluding ortho intramolecular Hbond substituents is 1. The Bertz CT molecular complexity index is 1300. The van der Waals surface area contributed by atoms with E-state index in [2.05, 4.69) is 24.4 Å². The zero-order valence-electron chi connectivity index (χ0n) is 28.7. The maximum Gasteiger partial charge on any atom is 0.410 e. The van der Waals surface area contributed by atoms with E-state index >= 15 is 0 Å². The molecule has 3 aliphatic rings. The van der Waals surface area contributed by atoms with Gasteiger partial charge in [-0.05, 0) is 67.7 Å². The zero-order chi connectivity index (χ0) is 35.2. The van der Waals surface area contributed by atoms with Crippen molar-refractivity contribution in [2.75, 3.05) is 59.9 Å². The summed E-state index contributed by atoms with van der Waals surface area (Å²) in [5.74, 6) is -1.41. The summed E-state index contributed by atoms with van der Waals surface area (Å²) < 4.78 is 25.2. The monoisotopic (exact) mass is 686 g/mol. The molecule has 1 aliphatic heterocycles. The van der Waals surface area contributed by atoms with E-state index in [-0.39, 0.29) is 82.7 Å². The second-order valence-electron chi connectivity index (χ2n) is 12.7. The Morgan fingerprint density at radius 1 is 1.06 bits per heavy atom. The molecule has 1 fully saturated rings. The first kappa shape index (κ1) is 38.4. The van der Waals surface area contributed by atoms with Gasteiger partial charge in [0.05, 0.1) is 44.7 Å². The van der Waals surface area contributed by atoms with Crippen LogP contribution in [-0.4, -0.2) is 109 Å². The molecule has 4 rings (SSSR count). The van der Waals surface area contributed by atoms with Gasteiger partial charge in [-0.3, -0.25) is 4.90 Å². The average Bonchev–Trinajstić information content (AvgIpc) is 3.10. The normalized spacial score (nSPS) is 26.2.